The predicted octanol–water partition coefficient (Wildman–Crippen LogP) is 4.86. The van der Waals surface area contributed by atoms with Gasteiger partial charge in [0.25, 0.3) is 0 Å². The third kappa shape index (κ3) is 2.69. The van der Waals surface area contributed by atoms with Crippen molar-refractivity contribution in [3.8, 4) is 0 Å². The van der Waals surface area contributed by atoms with Gasteiger partial charge in [-0.05, 0) is 35.2 Å². The van der Waals surface area contributed by atoms with Crippen molar-refractivity contribution in [2.45, 2.75) is 6.42 Å². The first kappa shape index (κ1) is 10.4. The summed E-state index contributed by atoms with van der Waals surface area (Å²) in [6.07, 6.45) is 1.01. The molecule has 1 aromatic heterocycles. The maximum atomic E-state index is 3.49. The summed E-state index contributed by atoms with van der Waals surface area (Å²) in [7, 11) is 0. The monoisotopic (exact) mass is 330 g/mol. The molecule has 14 heavy (non-hydrogen) atoms. The number of benzene rings is 1. The molecule has 0 nitrogen and oxygen atoms in total. The van der Waals surface area contributed by atoms with E-state index in [4.69, 9.17) is 0 Å². The topological polar surface area (TPSA) is 0 Å². The summed E-state index contributed by atoms with van der Waals surface area (Å²) < 4.78 is 2.25. The van der Waals surface area contributed by atoms with Crippen molar-refractivity contribution in [2.24, 2.45) is 0 Å². The normalized spacial score (nSPS) is 10.4. The summed E-state index contributed by atoms with van der Waals surface area (Å²) in [4.78, 5) is 1.40. The number of rotatable bonds is 2. The van der Waals surface area contributed by atoms with E-state index in [2.05, 4.69) is 67.6 Å². The van der Waals surface area contributed by atoms with Gasteiger partial charge in [-0.1, -0.05) is 37.9 Å². The average molecular weight is 332 g/mol. The molecule has 0 spiro atoms. The van der Waals surface area contributed by atoms with E-state index in [0.717, 1.165) is 15.4 Å². The minimum absolute atomic E-state index is 1.01. The number of thiophene rings is 1. The highest BCUT2D eigenvalue weighted by atomic mass is 79.9. The second-order valence-electron chi connectivity index (χ2n) is 3.03. The molecule has 0 atom stereocenters. The molecule has 72 valence electrons. The third-order valence-electron chi connectivity index (χ3n) is 1.88. The highest BCUT2D eigenvalue weighted by molar-refractivity contribution is 9.11. The molecule has 0 aliphatic carbocycles. The first-order chi connectivity index (χ1) is 6.74. The molecule has 1 aromatic carbocycles. The molecule has 3 heteroatoms. The van der Waals surface area contributed by atoms with E-state index in [1.807, 2.05) is 0 Å². The Morgan fingerprint density at radius 1 is 1.07 bits per heavy atom. The summed E-state index contributed by atoms with van der Waals surface area (Å²) in [5, 5.41) is 2.11. The van der Waals surface area contributed by atoms with Crippen molar-refractivity contribution in [1.82, 2.24) is 0 Å². The molecule has 0 unspecified atom stereocenters. The highest BCUT2D eigenvalue weighted by Crippen LogP contribution is 2.23. The van der Waals surface area contributed by atoms with Crippen LogP contribution in [-0.2, 0) is 6.42 Å². The van der Waals surface area contributed by atoms with Gasteiger partial charge in [-0.2, -0.15) is 0 Å². The lowest BCUT2D eigenvalue weighted by molar-refractivity contribution is 1.23. The van der Waals surface area contributed by atoms with Gasteiger partial charge < -0.3 is 0 Å². The predicted molar refractivity (Wildman–Crippen MR) is 69.0 cm³/mol. The van der Waals surface area contributed by atoms with Crippen molar-refractivity contribution >= 4 is 43.2 Å². The van der Waals surface area contributed by atoms with Gasteiger partial charge in [-0.15, -0.1) is 11.3 Å². The van der Waals surface area contributed by atoms with Crippen LogP contribution in [0, 0.1) is 0 Å². The van der Waals surface area contributed by atoms with Gasteiger partial charge >= 0.3 is 0 Å². The van der Waals surface area contributed by atoms with Crippen LogP contribution < -0.4 is 0 Å². The van der Waals surface area contributed by atoms with Crippen LogP contribution in [0.4, 0.5) is 0 Å². The Kier molecular flexibility index (Phi) is 3.42. The summed E-state index contributed by atoms with van der Waals surface area (Å²) in [5.41, 5.74) is 1.33. The van der Waals surface area contributed by atoms with Gasteiger partial charge in [0.05, 0.1) is 0 Å². The molecule has 0 saturated carbocycles. The molecule has 2 rings (SSSR count). The Balaban J connectivity index is 2.25. The zero-order chi connectivity index (χ0) is 9.97. The van der Waals surface area contributed by atoms with Crippen LogP contribution in [0.15, 0.2) is 44.7 Å². The van der Waals surface area contributed by atoms with Gasteiger partial charge in [-0.25, -0.2) is 0 Å². The zero-order valence-electron chi connectivity index (χ0n) is 7.34. The molecule has 0 radical (unpaired) electrons. The number of halogens is 2. The molecule has 0 aliphatic heterocycles. The maximum Gasteiger partial charge on any atom is 0.0189 e. The molecule has 0 fully saturated rings. The fourth-order valence-corrected chi connectivity index (χ4v) is 3.45. The molecule has 0 saturated heterocycles. The fourth-order valence-electron chi connectivity index (χ4n) is 1.33. The van der Waals surface area contributed by atoms with Crippen LogP contribution in [-0.4, -0.2) is 0 Å². The number of hydrogen-bond donors (Lipinski definition) is 0. The Morgan fingerprint density at radius 3 is 2.36 bits per heavy atom. The quantitative estimate of drug-likeness (QED) is 0.737. The molecule has 0 N–H and O–H groups in total. The van der Waals surface area contributed by atoms with E-state index in [-0.39, 0.29) is 0 Å². The van der Waals surface area contributed by atoms with Crippen molar-refractivity contribution in [1.29, 1.82) is 0 Å². The van der Waals surface area contributed by atoms with Crippen molar-refractivity contribution in [3.63, 3.8) is 0 Å². The first-order valence-corrected chi connectivity index (χ1v) is 6.68. The van der Waals surface area contributed by atoms with Gasteiger partial charge in [0.15, 0.2) is 0 Å². The molecule has 1 heterocycles. The molecule has 0 aliphatic rings. The van der Waals surface area contributed by atoms with Gasteiger partial charge in [0, 0.05) is 20.2 Å². The lowest BCUT2D eigenvalue weighted by atomic mass is 10.1. The van der Waals surface area contributed by atoms with Crippen LogP contribution in [0.5, 0.6) is 0 Å². The summed E-state index contributed by atoms with van der Waals surface area (Å²) >= 11 is 8.78. The maximum absolute atomic E-state index is 3.49. The van der Waals surface area contributed by atoms with E-state index in [1.54, 1.807) is 11.3 Å². The van der Waals surface area contributed by atoms with Crippen LogP contribution in [0.2, 0.25) is 0 Å². The van der Waals surface area contributed by atoms with Crippen LogP contribution in [0.3, 0.4) is 0 Å². The molecule has 0 bridgehead atoms. The molecule has 0 amide bonds. The summed E-state index contributed by atoms with van der Waals surface area (Å²) in [6.45, 7) is 0. The molecule has 2 aromatic rings. The van der Waals surface area contributed by atoms with Crippen molar-refractivity contribution in [2.75, 3.05) is 0 Å². The average Bonchev–Trinajstić information content (AvgIpc) is 2.54. The fraction of sp³-hybridized carbons (Fsp3) is 0.0909. The Labute approximate surface area is 104 Å². The third-order valence-corrected chi connectivity index (χ3v) is 3.67. The van der Waals surface area contributed by atoms with E-state index >= 15 is 0 Å². The van der Waals surface area contributed by atoms with E-state index in [0.29, 0.717) is 0 Å². The largest absolute Gasteiger partial charge is 0.149 e. The minimum atomic E-state index is 1.01. The lowest BCUT2D eigenvalue weighted by Crippen LogP contribution is -1.84. The van der Waals surface area contributed by atoms with Crippen LogP contribution >= 0.6 is 43.2 Å². The second-order valence-corrected chi connectivity index (χ2v) is 5.90. The lowest BCUT2D eigenvalue weighted by Gasteiger charge is -2.01. The highest BCUT2D eigenvalue weighted by Gasteiger charge is 2.00. The minimum Gasteiger partial charge on any atom is -0.149 e. The van der Waals surface area contributed by atoms with Crippen molar-refractivity contribution < 1.29 is 0 Å². The Hall–Kier alpha value is -0.120. The number of hydrogen-bond acceptors (Lipinski definition) is 1. The van der Waals surface area contributed by atoms with Gasteiger partial charge in [0.1, 0.15) is 0 Å². The molecular weight excluding hydrogens is 324 g/mol. The van der Waals surface area contributed by atoms with E-state index in [9.17, 15) is 0 Å². The standard InChI is InChI=1S/C11H8Br2S/c12-9-4-8(5-10(13)7-9)6-11-2-1-3-14-11/h1-5,7H,6H2. The SMILES string of the molecule is Brc1cc(Br)cc(Cc2cccs2)c1. The second kappa shape index (κ2) is 4.60. The molecular formula is C11H8Br2S. The van der Waals surface area contributed by atoms with Crippen LogP contribution in [0.25, 0.3) is 0 Å². The van der Waals surface area contributed by atoms with Crippen LogP contribution in [0.1, 0.15) is 10.4 Å². The van der Waals surface area contributed by atoms with Gasteiger partial charge in [0.2, 0.25) is 0 Å². The first-order valence-electron chi connectivity index (χ1n) is 4.21. The van der Waals surface area contributed by atoms with E-state index in [1.165, 1.54) is 10.4 Å². The Bertz CT molecular complexity index is 401. The van der Waals surface area contributed by atoms with E-state index < -0.39 is 0 Å². The smallest absolute Gasteiger partial charge is 0.0189 e. The van der Waals surface area contributed by atoms with Crippen molar-refractivity contribution in [3.05, 3.63) is 55.1 Å². The van der Waals surface area contributed by atoms with Gasteiger partial charge in [-0.3, -0.25) is 0 Å². The summed E-state index contributed by atoms with van der Waals surface area (Å²) in [6, 6.07) is 10.6. The summed E-state index contributed by atoms with van der Waals surface area (Å²) in [5.74, 6) is 0. The Morgan fingerprint density at radius 2 is 1.79 bits per heavy atom. The zero-order valence-corrected chi connectivity index (χ0v) is 11.3.